The predicted molar refractivity (Wildman–Crippen MR) is 143 cm³/mol. The number of Topliss-reactive ketones (excluding diaryl/α,β-unsaturated/α-hetero) is 2. The Labute approximate surface area is 211 Å². The topological polar surface area (TPSA) is 43.4 Å². The zero-order valence-corrected chi connectivity index (χ0v) is 22.6. The molecule has 188 valence electrons. The van der Waals surface area contributed by atoms with Gasteiger partial charge in [0, 0.05) is 11.1 Å². The highest BCUT2D eigenvalue weighted by Crippen LogP contribution is 2.45. The van der Waals surface area contributed by atoms with Crippen molar-refractivity contribution in [2.75, 3.05) is 0 Å². The summed E-state index contributed by atoms with van der Waals surface area (Å²) in [6.45, 7) is 12.3. The van der Waals surface area contributed by atoms with Crippen molar-refractivity contribution in [3.8, 4) is 0 Å². The second-order valence-corrected chi connectivity index (χ2v) is 11.4. The standard InChI is InChI=1S/C32H42O3/c1-21-17-23(3)27(24(4)18-21)29(33)31(13-9-7-10-14-31)35-32(15-11-8-12-16-32)30(34)28-25(5)19-22(2)20-26(28)6/h17-20H,7-16H2,1-6H3. The highest BCUT2D eigenvalue weighted by atomic mass is 16.5. The highest BCUT2D eigenvalue weighted by Gasteiger charge is 2.52. The van der Waals surface area contributed by atoms with Gasteiger partial charge in [-0.25, -0.2) is 0 Å². The van der Waals surface area contributed by atoms with E-state index >= 15 is 0 Å². The molecule has 0 aromatic heterocycles. The van der Waals surface area contributed by atoms with Crippen LogP contribution in [0.3, 0.4) is 0 Å². The highest BCUT2D eigenvalue weighted by molar-refractivity contribution is 6.07. The van der Waals surface area contributed by atoms with E-state index in [1.807, 2.05) is 27.7 Å². The van der Waals surface area contributed by atoms with E-state index in [0.717, 1.165) is 71.9 Å². The molecule has 3 nitrogen and oxygen atoms in total. The molecule has 4 rings (SSSR count). The smallest absolute Gasteiger partial charge is 0.195 e. The van der Waals surface area contributed by atoms with Crippen LogP contribution in [-0.2, 0) is 4.74 Å². The van der Waals surface area contributed by atoms with Crippen LogP contribution in [0.1, 0.15) is 118 Å². The summed E-state index contributed by atoms with van der Waals surface area (Å²) < 4.78 is 7.12. The third-order valence-corrected chi connectivity index (χ3v) is 8.35. The van der Waals surface area contributed by atoms with E-state index in [9.17, 15) is 9.59 Å². The van der Waals surface area contributed by atoms with E-state index < -0.39 is 11.2 Å². The number of benzene rings is 2. The second-order valence-electron chi connectivity index (χ2n) is 11.4. The van der Waals surface area contributed by atoms with Gasteiger partial charge in [-0.2, -0.15) is 0 Å². The van der Waals surface area contributed by atoms with Crippen LogP contribution in [0.5, 0.6) is 0 Å². The first-order valence-corrected chi connectivity index (χ1v) is 13.5. The maximum atomic E-state index is 14.4. The van der Waals surface area contributed by atoms with Crippen LogP contribution in [0.25, 0.3) is 0 Å². The zero-order valence-electron chi connectivity index (χ0n) is 22.6. The van der Waals surface area contributed by atoms with Gasteiger partial charge in [-0.05, 0) is 89.5 Å². The van der Waals surface area contributed by atoms with Crippen molar-refractivity contribution >= 4 is 11.6 Å². The molecule has 2 aromatic rings. The first-order chi connectivity index (χ1) is 16.6. The SMILES string of the molecule is Cc1cc(C)c(C(=O)C2(OC3(C(=O)c4c(C)cc(C)cc4C)CCCCC3)CCCCC2)c(C)c1. The van der Waals surface area contributed by atoms with Crippen LogP contribution in [0.4, 0.5) is 0 Å². The van der Waals surface area contributed by atoms with Crippen molar-refractivity contribution in [3.63, 3.8) is 0 Å². The summed E-state index contributed by atoms with van der Waals surface area (Å²) in [5, 5.41) is 0. The maximum absolute atomic E-state index is 14.4. The van der Waals surface area contributed by atoms with Gasteiger partial charge in [-0.3, -0.25) is 9.59 Å². The van der Waals surface area contributed by atoms with Crippen LogP contribution in [-0.4, -0.2) is 22.8 Å². The Morgan fingerprint density at radius 2 is 0.829 bits per heavy atom. The molecule has 0 spiro atoms. The quantitative estimate of drug-likeness (QED) is 0.398. The minimum Gasteiger partial charge on any atom is -0.352 e. The normalized spacial score (nSPS) is 19.4. The number of hydrogen-bond acceptors (Lipinski definition) is 3. The minimum atomic E-state index is -0.928. The molecule has 0 aliphatic heterocycles. The van der Waals surface area contributed by atoms with Gasteiger partial charge in [0.2, 0.25) is 0 Å². The third kappa shape index (κ3) is 4.89. The molecule has 3 heteroatoms. The molecule has 0 unspecified atom stereocenters. The van der Waals surface area contributed by atoms with Crippen LogP contribution in [0, 0.1) is 41.5 Å². The Kier molecular flexibility index (Phi) is 7.38. The molecule has 0 N–H and O–H groups in total. The van der Waals surface area contributed by atoms with Crippen molar-refractivity contribution < 1.29 is 14.3 Å². The van der Waals surface area contributed by atoms with Crippen molar-refractivity contribution in [1.82, 2.24) is 0 Å². The molecule has 2 aromatic carbocycles. The lowest BCUT2D eigenvalue weighted by atomic mass is 9.73. The predicted octanol–water partition coefficient (Wildman–Crippen LogP) is 8.03. The van der Waals surface area contributed by atoms with E-state index in [4.69, 9.17) is 4.74 Å². The van der Waals surface area contributed by atoms with E-state index in [2.05, 4.69) is 38.1 Å². The van der Waals surface area contributed by atoms with E-state index in [1.165, 1.54) is 11.1 Å². The molecular weight excluding hydrogens is 432 g/mol. The summed E-state index contributed by atoms with van der Waals surface area (Å²) in [4.78, 5) is 28.8. The van der Waals surface area contributed by atoms with Gasteiger partial charge in [0.25, 0.3) is 0 Å². The summed E-state index contributed by atoms with van der Waals surface area (Å²) in [6.07, 6.45) is 8.84. The van der Waals surface area contributed by atoms with Gasteiger partial charge in [0.05, 0.1) is 0 Å². The number of aryl methyl sites for hydroxylation is 6. The summed E-state index contributed by atoms with van der Waals surface area (Å²) in [6, 6.07) is 8.38. The van der Waals surface area contributed by atoms with E-state index in [0.29, 0.717) is 25.7 Å². The fourth-order valence-electron chi connectivity index (χ4n) is 6.90. The van der Waals surface area contributed by atoms with Crippen LogP contribution in [0.15, 0.2) is 24.3 Å². The molecule has 0 atom stereocenters. The number of carbonyl (C=O) groups is 2. The molecule has 0 bridgehead atoms. The minimum absolute atomic E-state index is 0.0855. The van der Waals surface area contributed by atoms with Gasteiger partial charge in [-0.1, -0.05) is 73.9 Å². The van der Waals surface area contributed by atoms with Crippen molar-refractivity contribution in [2.24, 2.45) is 0 Å². The molecule has 0 saturated heterocycles. The van der Waals surface area contributed by atoms with E-state index in [1.54, 1.807) is 0 Å². The molecule has 0 heterocycles. The Balaban J connectivity index is 1.81. The maximum Gasteiger partial charge on any atom is 0.195 e. The summed E-state index contributed by atoms with van der Waals surface area (Å²) in [7, 11) is 0. The van der Waals surface area contributed by atoms with Gasteiger partial charge in [-0.15, -0.1) is 0 Å². The first kappa shape index (κ1) is 25.8. The largest absolute Gasteiger partial charge is 0.352 e. The summed E-state index contributed by atoms with van der Waals surface area (Å²) in [5.74, 6) is 0.171. The number of carbonyl (C=O) groups excluding carboxylic acids is 2. The fraction of sp³-hybridized carbons (Fsp3) is 0.562. The average molecular weight is 475 g/mol. The van der Waals surface area contributed by atoms with Crippen LogP contribution < -0.4 is 0 Å². The Morgan fingerprint density at radius 3 is 1.11 bits per heavy atom. The molecule has 2 saturated carbocycles. The van der Waals surface area contributed by atoms with Crippen LogP contribution in [0.2, 0.25) is 0 Å². The van der Waals surface area contributed by atoms with Gasteiger partial charge in [0.15, 0.2) is 11.6 Å². The number of ether oxygens (including phenoxy) is 1. The average Bonchev–Trinajstić information content (AvgIpc) is 2.79. The molecular formula is C32H42O3. The van der Waals surface area contributed by atoms with Gasteiger partial charge < -0.3 is 4.74 Å². The Hall–Kier alpha value is -2.26. The summed E-state index contributed by atoms with van der Waals surface area (Å²) >= 11 is 0. The number of rotatable bonds is 6. The summed E-state index contributed by atoms with van der Waals surface area (Å²) in [5.41, 5.74) is 6.10. The zero-order chi connectivity index (χ0) is 25.4. The van der Waals surface area contributed by atoms with Crippen LogP contribution >= 0.6 is 0 Å². The van der Waals surface area contributed by atoms with Gasteiger partial charge in [0.1, 0.15) is 11.2 Å². The number of hydrogen-bond donors (Lipinski definition) is 0. The molecule has 2 aliphatic rings. The first-order valence-electron chi connectivity index (χ1n) is 13.5. The monoisotopic (exact) mass is 474 g/mol. The lowest BCUT2D eigenvalue weighted by Crippen LogP contribution is -2.55. The molecule has 2 aliphatic carbocycles. The lowest BCUT2D eigenvalue weighted by Gasteiger charge is -2.46. The lowest BCUT2D eigenvalue weighted by molar-refractivity contribution is -0.138. The third-order valence-electron chi connectivity index (χ3n) is 8.35. The molecule has 0 radical (unpaired) electrons. The molecule has 2 fully saturated rings. The Bertz CT molecular complexity index is 992. The van der Waals surface area contributed by atoms with E-state index in [-0.39, 0.29) is 11.6 Å². The fourth-order valence-corrected chi connectivity index (χ4v) is 6.90. The van der Waals surface area contributed by atoms with Crippen molar-refractivity contribution in [3.05, 3.63) is 68.8 Å². The number of ketones is 2. The Morgan fingerprint density at radius 1 is 0.543 bits per heavy atom. The van der Waals surface area contributed by atoms with Crippen molar-refractivity contribution in [1.29, 1.82) is 0 Å². The molecule has 35 heavy (non-hydrogen) atoms. The molecule has 0 amide bonds. The second kappa shape index (κ2) is 10.0. The van der Waals surface area contributed by atoms with Crippen molar-refractivity contribution in [2.45, 2.75) is 117 Å². The van der Waals surface area contributed by atoms with Gasteiger partial charge >= 0.3 is 0 Å².